The van der Waals surface area contributed by atoms with Gasteiger partial charge in [0.1, 0.15) is 12.0 Å². The van der Waals surface area contributed by atoms with Crippen LogP contribution in [0.1, 0.15) is 17.3 Å². The molecule has 0 saturated carbocycles. The molecule has 5 heteroatoms. The number of amides is 1. The van der Waals surface area contributed by atoms with Gasteiger partial charge in [0, 0.05) is 11.6 Å². The highest BCUT2D eigenvalue weighted by Gasteiger charge is 2.08. The minimum atomic E-state index is -0.250. The van der Waals surface area contributed by atoms with E-state index in [1.165, 1.54) is 6.26 Å². The molecule has 2 rings (SSSR count). The van der Waals surface area contributed by atoms with E-state index in [-0.39, 0.29) is 5.91 Å². The number of carbonyl (C=O) groups is 1. The lowest BCUT2D eigenvalue weighted by Gasteiger charge is -2.05. The van der Waals surface area contributed by atoms with Crippen LogP contribution in [0.4, 0.5) is 5.82 Å². The van der Waals surface area contributed by atoms with E-state index in [0.717, 1.165) is 0 Å². The number of rotatable bonds is 4. The molecule has 5 nitrogen and oxygen atoms in total. The predicted octanol–water partition coefficient (Wildman–Crippen LogP) is 2.33. The Bertz CT molecular complexity index is 494. The summed E-state index contributed by atoms with van der Waals surface area (Å²) in [6.45, 7) is 2.45. The van der Waals surface area contributed by atoms with Crippen molar-refractivity contribution in [2.45, 2.75) is 6.92 Å². The van der Waals surface area contributed by atoms with E-state index in [1.54, 1.807) is 30.3 Å². The van der Waals surface area contributed by atoms with Crippen molar-refractivity contribution in [2.75, 3.05) is 11.9 Å². The van der Waals surface area contributed by atoms with Crippen LogP contribution in [-0.4, -0.2) is 17.7 Å². The Morgan fingerprint density at radius 3 is 3.06 bits per heavy atom. The first-order chi connectivity index (χ1) is 8.29. The summed E-state index contributed by atoms with van der Waals surface area (Å²) < 4.78 is 9.94. The van der Waals surface area contributed by atoms with Crippen molar-refractivity contribution >= 4 is 11.7 Å². The molecule has 0 aliphatic carbocycles. The first-order valence-electron chi connectivity index (χ1n) is 5.24. The molecule has 0 aliphatic rings. The van der Waals surface area contributed by atoms with Crippen LogP contribution in [0.25, 0.3) is 0 Å². The fourth-order valence-electron chi connectivity index (χ4n) is 1.36. The maximum absolute atomic E-state index is 11.8. The van der Waals surface area contributed by atoms with Crippen LogP contribution in [0, 0.1) is 0 Å². The van der Waals surface area contributed by atoms with Crippen molar-refractivity contribution < 1.29 is 14.1 Å². The number of carbonyl (C=O) groups excluding carboxylic acids is 1. The Kier molecular flexibility index (Phi) is 3.40. The number of anilines is 1. The maximum atomic E-state index is 11.8. The Balaban J connectivity index is 2.11. The SMILES string of the molecule is CCOc1cccc(C(=O)Nc2ccon2)c1. The molecule has 0 fully saturated rings. The Morgan fingerprint density at radius 2 is 2.35 bits per heavy atom. The van der Waals surface area contributed by atoms with Gasteiger partial charge in [-0.05, 0) is 25.1 Å². The Hall–Kier alpha value is -2.30. The van der Waals surface area contributed by atoms with Gasteiger partial charge in [-0.25, -0.2) is 0 Å². The second-order valence-electron chi connectivity index (χ2n) is 3.30. The van der Waals surface area contributed by atoms with Crippen molar-refractivity contribution in [1.29, 1.82) is 0 Å². The smallest absolute Gasteiger partial charge is 0.257 e. The highest BCUT2D eigenvalue weighted by atomic mass is 16.5. The summed E-state index contributed by atoms with van der Waals surface area (Å²) in [4.78, 5) is 11.8. The Morgan fingerprint density at radius 1 is 1.47 bits per heavy atom. The van der Waals surface area contributed by atoms with Crippen LogP contribution >= 0.6 is 0 Å². The minimum Gasteiger partial charge on any atom is -0.494 e. The van der Waals surface area contributed by atoms with Crippen LogP contribution < -0.4 is 10.1 Å². The third-order valence-electron chi connectivity index (χ3n) is 2.09. The van der Waals surface area contributed by atoms with Crippen LogP contribution in [0.15, 0.2) is 41.1 Å². The zero-order valence-electron chi connectivity index (χ0n) is 9.34. The zero-order chi connectivity index (χ0) is 12.1. The van der Waals surface area contributed by atoms with Crippen molar-refractivity contribution in [3.8, 4) is 5.75 Å². The van der Waals surface area contributed by atoms with Gasteiger partial charge >= 0.3 is 0 Å². The summed E-state index contributed by atoms with van der Waals surface area (Å²) in [5.41, 5.74) is 0.513. The molecule has 0 spiro atoms. The molecule has 0 bridgehead atoms. The first kappa shape index (κ1) is 11.2. The molecule has 1 heterocycles. The number of hydrogen-bond acceptors (Lipinski definition) is 4. The van der Waals surface area contributed by atoms with E-state index in [2.05, 4.69) is 15.0 Å². The van der Waals surface area contributed by atoms with Crippen LogP contribution in [-0.2, 0) is 0 Å². The van der Waals surface area contributed by atoms with Crippen LogP contribution in [0.3, 0.4) is 0 Å². The molecule has 88 valence electrons. The lowest BCUT2D eigenvalue weighted by atomic mass is 10.2. The van der Waals surface area contributed by atoms with Gasteiger partial charge in [-0.15, -0.1) is 0 Å². The summed E-state index contributed by atoms with van der Waals surface area (Å²) in [5, 5.41) is 6.21. The largest absolute Gasteiger partial charge is 0.494 e. The normalized spacial score (nSPS) is 9.94. The fourth-order valence-corrected chi connectivity index (χ4v) is 1.36. The molecule has 0 aliphatic heterocycles. The van der Waals surface area contributed by atoms with Gasteiger partial charge in [0.2, 0.25) is 0 Å². The first-order valence-corrected chi connectivity index (χ1v) is 5.24. The molecule has 0 radical (unpaired) electrons. The maximum Gasteiger partial charge on any atom is 0.257 e. The van der Waals surface area contributed by atoms with Crippen LogP contribution in [0.5, 0.6) is 5.75 Å². The molecular formula is C12H12N2O3. The summed E-state index contributed by atoms with van der Waals surface area (Å²) in [5.74, 6) is 0.803. The number of nitrogens with zero attached hydrogens (tertiary/aromatic N) is 1. The standard InChI is InChI=1S/C12H12N2O3/c1-2-16-10-5-3-4-9(8-10)12(15)13-11-6-7-17-14-11/h3-8H,2H2,1H3,(H,13,14,15). The van der Waals surface area contributed by atoms with Crippen molar-refractivity contribution in [3.63, 3.8) is 0 Å². The highest BCUT2D eigenvalue weighted by molar-refractivity contribution is 6.03. The van der Waals surface area contributed by atoms with E-state index in [0.29, 0.717) is 23.7 Å². The van der Waals surface area contributed by atoms with Gasteiger partial charge in [0.15, 0.2) is 5.82 Å². The summed E-state index contributed by atoms with van der Waals surface area (Å²) >= 11 is 0. The minimum absolute atomic E-state index is 0.250. The number of aromatic nitrogens is 1. The molecule has 1 aromatic carbocycles. The van der Waals surface area contributed by atoms with Gasteiger partial charge < -0.3 is 14.6 Å². The fraction of sp³-hybridized carbons (Fsp3) is 0.167. The lowest BCUT2D eigenvalue weighted by molar-refractivity contribution is 0.102. The van der Waals surface area contributed by atoms with Gasteiger partial charge in [0.25, 0.3) is 5.91 Å². The second kappa shape index (κ2) is 5.16. The molecule has 0 atom stereocenters. The van der Waals surface area contributed by atoms with Crippen molar-refractivity contribution in [1.82, 2.24) is 5.16 Å². The predicted molar refractivity (Wildman–Crippen MR) is 62.1 cm³/mol. The molecule has 2 aromatic rings. The molecule has 1 aromatic heterocycles. The van der Waals surface area contributed by atoms with Crippen molar-refractivity contribution in [2.24, 2.45) is 0 Å². The van der Waals surface area contributed by atoms with Gasteiger partial charge in [-0.2, -0.15) is 0 Å². The molecule has 0 saturated heterocycles. The third kappa shape index (κ3) is 2.84. The van der Waals surface area contributed by atoms with Gasteiger partial charge in [-0.1, -0.05) is 11.2 Å². The van der Waals surface area contributed by atoms with Crippen LogP contribution in [0.2, 0.25) is 0 Å². The number of benzene rings is 1. The van der Waals surface area contributed by atoms with E-state index in [9.17, 15) is 4.79 Å². The van der Waals surface area contributed by atoms with E-state index in [1.807, 2.05) is 6.92 Å². The van der Waals surface area contributed by atoms with Crippen molar-refractivity contribution in [3.05, 3.63) is 42.2 Å². The third-order valence-corrected chi connectivity index (χ3v) is 2.09. The van der Waals surface area contributed by atoms with E-state index >= 15 is 0 Å². The highest BCUT2D eigenvalue weighted by Crippen LogP contribution is 2.14. The average molecular weight is 232 g/mol. The number of nitrogens with one attached hydrogen (secondary N) is 1. The average Bonchev–Trinajstić information content (AvgIpc) is 2.83. The summed E-state index contributed by atoms with van der Waals surface area (Å²) in [7, 11) is 0. The molecule has 1 amide bonds. The summed E-state index contributed by atoms with van der Waals surface area (Å²) in [6, 6.07) is 8.53. The number of ether oxygens (including phenoxy) is 1. The molecule has 0 unspecified atom stereocenters. The van der Waals surface area contributed by atoms with Gasteiger partial charge in [-0.3, -0.25) is 4.79 Å². The molecule has 1 N–H and O–H groups in total. The topological polar surface area (TPSA) is 64.4 Å². The second-order valence-corrected chi connectivity index (χ2v) is 3.30. The lowest BCUT2D eigenvalue weighted by Crippen LogP contribution is -2.12. The van der Waals surface area contributed by atoms with Gasteiger partial charge in [0.05, 0.1) is 6.61 Å². The Labute approximate surface area is 98.4 Å². The quantitative estimate of drug-likeness (QED) is 0.878. The summed E-state index contributed by atoms with van der Waals surface area (Å²) in [6.07, 6.45) is 1.40. The zero-order valence-corrected chi connectivity index (χ0v) is 9.34. The van der Waals surface area contributed by atoms with E-state index < -0.39 is 0 Å². The molecular weight excluding hydrogens is 220 g/mol. The molecule has 17 heavy (non-hydrogen) atoms. The monoisotopic (exact) mass is 232 g/mol. The number of hydrogen-bond donors (Lipinski definition) is 1. The van der Waals surface area contributed by atoms with E-state index in [4.69, 9.17) is 4.74 Å².